The van der Waals surface area contributed by atoms with E-state index in [4.69, 9.17) is 10.00 Å². The van der Waals surface area contributed by atoms with Gasteiger partial charge in [0.15, 0.2) is 0 Å². The van der Waals surface area contributed by atoms with E-state index in [0.29, 0.717) is 22.6 Å². The molecule has 0 saturated carbocycles. The van der Waals surface area contributed by atoms with Crippen LogP contribution in [0.3, 0.4) is 0 Å². The molecular weight excluding hydrogens is 440 g/mol. The van der Waals surface area contributed by atoms with Gasteiger partial charge in [-0.15, -0.1) is 0 Å². The maximum absolute atomic E-state index is 12.7. The number of carbonyl (C=O) groups is 1. The number of amides is 1. The lowest BCUT2D eigenvalue weighted by Crippen LogP contribution is -2.33. The molecule has 1 aromatic heterocycles. The van der Waals surface area contributed by atoms with Gasteiger partial charge in [0.2, 0.25) is 0 Å². The zero-order valence-corrected chi connectivity index (χ0v) is 19.1. The summed E-state index contributed by atoms with van der Waals surface area (Å²) in [6.07, 6.45) is 2.62. The molecule has 2 aromatic carbocycles. The van der Waals surface area contributed by atoms with Crippen molar-refractivity contribution in [1.82, 2.24) is 10.3 Å². The summed E-state index contributed by atoms with van der Waals surface area (Å²) in [7, 11) is -1.89. The molecule has 1 amide bonds. The summed E-state index contributed by atoms with van der Waals surface area (Å²) >= 11 is 0. The van der Waals surface area contributed by atoms with Crippen molar-refractivity contribution >= 4 is 32.2 Å². The van der Waals surface area contributed by atoms with Crippen LogP contribution in [0.15, 0.2) is 66.9 Å². The second-order valence-electron chi connectivity index (χ2n) is 7.53. The Bertz CT molecular complexity index is 1330. The van der Waals surface area contributed by atoms with Crippen molar-refractivity contribution in [3.05, 3.63) is 78.1 Å². The monoisotopic (exact) mass is 464 g/mol. The number of carbonyl (C=O) groups excluding carboxylic acids is 1. The normalized spacial score (nSPS) is 11.9. The van der Waals surface area contributed by atoms with Crippen LogP contribution in [0.4, 0.5) is 5.69 Å². The van der Waals surface area contributed by atoms with E-state index in [1.54, 1.807) is 30.3 Å². The van der Waals surface area contributed by atoms with Gasteiger partial charge in [-0.25, -0.2) is 8.42 Å². The standard InChI is InChI=1S/C24H24N4O4S/c1-16(13-25)14-27-23-19-12-18(8-7-17(19)9-10-22(23)32-2)21(15-33(3,30)31)28-24(29)20-6-4-5-11-26-20/h4-12,21,27H,1,14-15H2,2-3H3,(H,28,29). The van der Waals surface area contributed by atoms with Gasteiger partial charge in [-0.3, -0.25) is 9.78 Å². The number of methoxy groups -OCH3 is 1. The molecule has 33 heavy (non-hydrogen) atoms. The number of benzene rings is 2. The van der Waals surface area contributed by atoms with E-state index in [1.807, 2.05) is 24.3 Å². The number of hydrogen-bond donors (Lipinski definition) is 2. The van der Waals surface area contributed by atoms with Crippen LogP contribution >= 0.6 is 0 Å². The molecule has 0 bridgehead atoms. The lowest BCUT2D eigenvalue weighted by Gasteiger charge is -2.20. The molecule has 0 spiro atoms. The van der Waals surface area contributed by atoms with Gasteiger partial charge in [-0.1, -0.05) is 30.8 Å². The predicted molar refractivity (Wildman–Crippen MR) is 128 cm³/mol. The van der Waals surface area contributed by atoms with Gasteiger partial charge in [-0.2, -0.15) is 5.26 Å². The van der Waals surface area contributed by atoms with E-state index in [-0.39, 0.29) is 18.0 Å². The van der Waals surface area contributed by atoms with Crippen LogP contribution in [0, 0.1) is 11.3 Å². The lowest BCUT2D eigenvalue weighted by atomic mass is 10.0. The van der Waals surface area contributed by atoms with E-state index < -0.39 is 21.8 Å². The average molecular weight is 465 g/mol. The Morgan fingerprint density at radius 3 is 2.64 bits per heavy atom. The van der Waals surface area contributed by atoms with Gasteiger partial charge in [0, 0.05) is 30.0 Å². The molecule has 1 heterocycles. The number of sulfone groups is 1. The van der Waals surface area contributed by atoms with E-state index in [1.165, 1.54) is 13.3 Å². The molecule has 8 nitrogen and oxygen atoms in total. The molecule has 0 radical (unpaired) electrons. The van der Waals surface area contributed by atoms with E-state index in [9.17, 15) is 13.2 Å². The summed E-state index contributed by atoms with van der Waals surface area (Å²) < 4.78 is 29.7. The summed E-state index contributed by atoms with van der Waals surface area (Å²) in [6, 6.07) is 15.2. The SMILES string of the molecule is C=C(C#N)CNc1c(OC)ccc2ccc(C(CS(C)(=O)=O)NC(=O)c3ccccn3)cc12. The lowest BCUT2D eigenvalue weighted by molar-refractivity contribution is 0.0935. The molecule has 3 aromatic rings. The van der Waals surface area contributed by atoms with Gasteiger partial charge in [0.05, 0.1) is 30.7 Å². The number of nitrogens with zero attached hydrogens (tertiary/aromatic N) is 2. The highest BCUT2D eigenvalue weighted by atomic mass is 32.2. The molecule has 9 heteroatoms. The maximum Gasteiger partial charge on any atom is 0.270 e. The second-order valence-corrected chi connectivity index (χ2v) is 9.71. The molecule has 1 atom stereocenters. The fourth-order valence-electron chi connectivity index (χ4n) is 3.37. The first-order valence-corrected chi connectivity index (χ1v) is 12.1. The Balaban J connectivity index is 2.05. The van der Waals surface area contributed by atoms with Gasteiger partial charge < -0.3 is 15.4 Å². The minimum atomic E-state index is -3.42. The van der Waals surface area contributed by atoms with Gasteiger partial charge in [0.25, 0.3) is 5.91 Å². The molecule has 0 saturated heterocycles. The Morgan fingerprint density at radius 1 is 1.24 bits per heavy atom. The number of nitrogens with one attached hydrogen (secondary N) is 2. The average Bonchev–Trinajstić information content (AvgIpc) is 2.81. The predicted octanol–water partition coefficient (Wildman–Crippen LogP) is 3.25. The summed E-state index contributed by atoms with van der Waals surface area (Å²) in [5.74, 6) is -0.198. The number of ether oxygens (including phenoxy) is 1. The Kier molecular flexibility index (Phi) is 7.30. The molecule has 0 aliphatic rings. The Morgan fingerprint density at radius 2 is 2.00 bits per heavy atom. The quantitative estimate of drug-likeness (QED) is 0.466. The zero-order valence-electron chi connectivity index (χ0n) is 18.3. The van der Waals surface area contributed by atoms with Crippen molar-refractivity contribution in [3.8, 4) is 11.8 Å². The van der Waals surface area contributed by atoms with Crippen molar-refractivity contribution in [3.63, 3.8) is 0 Å². The zero-order chi connectivity index (χ0) is 24.0. The van der Waals surface area contributed by atoms with Crippen LogP contribution in [-0.4, -0.2) is 45.0 Å². The molecule has 2 N–H and O–H groups in total. The first-order valence-electron chi connectivity index (χ1n) is 10.0. The third-order valence-corrected chi connectivity index (χ3v) is 5.88. The van der Waals surface area contributed by atoms with Gasteiger partial charge in [-0.05, 0) is 35.2 Å². The molecule has 0 aliphatic heterocycles. The smallest absolute Gasteiger partial charge is 0.270 e. The highest BCUT2D eigenvalue weighted by Gasteiger charge is 2.22. The minimum absolute atomic E-state index is 0.191. The van der Waals surface area contributed by atoms with E-state index >= 15 is 0 Å². The van der Waals surface area contributed by atoms with Crippen LogP contribution in [0.25, 0.3) is 10.8 Å². The summed E-state index contributed by atoms with van der Waals surface area (Å²) in [6.45, 7) is 3.91. The van der Waals surface area contributed by atoms with Crippen molar-refractivity contribution in [2.24, 2.45) is 0 Å². The topological polar surface area (TPSA) is 121 Å². The first kappa shape index (κ1) is 23.8. The van der Waals surface area contributed by atoms with Crippen LogP contribution in [0.5, 0.6) is 5.75 Å². The van der Waals surface area contributed by atoms with Crippen molar-refractivity contribution in [1.29, 1.82) is 5.26 Å². The van der Waals surface area contributed by atoms with Crippen LogP contribution in [0.1, 0.15) is 22.1 Å². The summed E-state index contributed by atoms with van der Waals surface area (Å²) in [5.41, 5.74) is 1.79. The maximum atomic E-state index is 12.7. The fourth-order valence-corrected chi connectivity index (χ4v) is 4.26. The Labute approximate surface area is 192 Å². The third-order valence-electron chi connectivity index (χ3n) is 4.94. The van der Waals surface area contributed by atoms with Crippen LogP contribution in [-0.2, 0) is 9.84 Å². The number of nitriles is 1. The fraction of sp³-hybridized carbons (Fsp3) is 0.208. The van der Waals surface area contributed by atoms with E-state index in [2.05, 4.69) is 22.2 Å². The number of hydrogen-bond acceptors (Lipinski definition) is 7. The van der Waals surface area contributed by atoms with Crippen molar-refractivity contribution in [2.45, 2.75) is 6.04 Å². The van der Waals surface area contributed by atoms with Crippen molar-refractivity contribution < 1.29 is 17.9 Å². The van der Waals surface area contributed by atoms with Gasteiger partial charge >= 0.3 is 0 Å². The van der Waals surface area contributed by atoms with Gasteiger partial charge in [0.1, 0.15) is 21.3 Å². The third kappa shape index (κ3) is 6.08. The van der Waals surface area contributed by atoms with Crippen molar-refractivity contribution in [2.75, 3.05) is 31.0 Å². The first-order chi connectivity index (χ1) is 15.7. The summed E-state index contributed by atoms with van der Waals surface area (Å²) in [4.78, 5) is 16.7. The molecule has 0 aliphatic carbocycles. The molecular formula is C24H24N4O4S. The van der Waals surface area contributed by atoms with Crippen LogP contribution < -0.4 is 15.4 Å². The Hall–Kier alpha value is -3.90. The number of fused-ring (bicyclic) bond motifs is 1. The molecule has 1 unspecified atom stereocenters. The molecule has 3 rings (SSSR count). The number of rotatable bonds is 9. The molecule has 0 fully saturated rings. The molecule has 170 valence electrons. The summed E-state index contributed by atoms with van der Waals surface area (Å²) in [5, 5.41) is 16.6. The van der Waals surface area contributed by atoms with E-state index in [0.717, 1.165) is 17.0 Å². The largest absolute Gasteiger partial charge is 0.495 e. The number of aromatic nitrogens is 1. The highest BCUT2D eigenvalue weighted by Crippen LogP contribution is 2.35. The van der Waals surface area contributed by atoms with Crippen LogP contribution in [0.2, 0.25) is 0 Å². The highest BCUT2D eigenvalue weighted by molar-refractivity contribution is 7.90. The number of anilines is 1. The number of pyridine rings is 1. The minimum Gasteiger partial charge on any atom is -0.495 e. The second kappa shape index (κ2) is 10.1.